The number of carboxylic acid groups (broad SMARTS) is 1. The van der Waals surface area contributed by atoms with Gasteiger partial charge in [0, 0.05) is 5.92 Å². The molecule has 1 fully saturated rings. The Kier molecular flexibility index (Phi) is 5.73. The Morgan fingerprint density at radius 1 is 1.35 bits per heavy atom. The molecular formula is C13H21NO3. The van der Waals surface area contributed by atoms with E-state index in [0.29, 0.717) is 12.8 Å². The van der Waals surface area contributed by atoms with E-state index in [2.05, 4.69) is 11.9 Å². The second-order valence-electron chi connectivity index (χ2n) is 4.60. The maximum absolute atomic E-state index is 11.9. The lowest BCUT2D eigenvalue weighted by atomic mass is 9.88. The van der Waals surface area contributed by atoms with Crippen LogP contribution >= 0.6 is 0 Å². The predicted molar refractivity (Wildman–Crippen MR) is 65.6 cm³/mol. The number of carbonyl (C=O) groups excluding carboxylic acids is 1. The first-order valence-corrected chi connectivity index (χ1v) is 6.29. The molecule has 0 unspecified atom stereocenters. The number of amides is 1. The number of carbonyl (C=O) groups is 2. The SMILES string of the molecule is C=CCC[C@@H](NC(=O)C1CCCCC1)C(=O)O. The number of aliphatic carboxylic acids is 1. The van der Waals surface area contributed by atoms with Crippen LogP contribution in [-0.4, -0.2) is 23.0 Å². The lowest BCUT2D eigenvalue weighted by Gasteiger charge is -2.23. The molecule has 17 heavy (non-hydrogen) atoms. The van der Waals surface area contributed by atoms with Crippen LogP contribution in [0.1, 0.15) is 44.9 Å². The highest BCUT2D eigenvalue weighted by Gasteiger charge is 2.25. The minimum atomic E-state index is -0.962. The van der Waals surface area contributed by atoms with Crippen molar-refractivity contribution in [1.82, 2.24) is 5.32 Å². The van der Waals surface area contributed by atoms with Crippen LogP contribution in [0.4, 0.5) is 0 Å². The number of nitrogens with one attached hydrogen (secondary N) is 1. The molecular weight excluding hydrogens is 218 g/mol. The minimum Gasteiger partial charge on any atom is -0.480 e. The van der Waals surface area contributed by atoms with Crippen LogP contribution in [0.25, 0.3) is 0 Å². The molecule has 0 aromatic heterocycles. The Morgan fingerprint density at radius 3 is 2.53 bits per heavy atom. The lowest BCUT2D eigenvalue weighted by molar-refractivity contribution is -0.142. The summed E-state index contributed by atoms with van der Waals surface area (Å²) in [5.41, 5.74) is 0. The van der Waals surface area contributed by atoms with Gasteiger partial charge < -0.3 is 10.4 Å². The molecule has 0 radical (unpaired) electrons. The summed E-state index contributed by atoms with van der Waals surface area (Å²) in [7, 11) is 0. The van der Waals surface area contributed by atoms with Crippen molar-refractivity contribution in [1.29, 1.82) is 0 Å². The van der Waals surface area contributed by atoms with E-state index in [9.17, 15) is 9.59 Å². The zero-order chi connectivity index (χ0) is 12.7. The van der Waals surface area contributed by atoms with Crippen LogP contribution in [0, 0.1) is 5.92 Å². The number of hydrogen-bond donors (Lipinski definition) is 2. The highest BCUT2D eigenvalue weighted by molar-refractivity contribution is 5.84. The normalized spacial score (nSPS) is 18.4. The van der Waals surface area contributed by atoms with Crippen LogP contribution in [0.15, 0.2) is 12.7 Å². The summed E-state index contributed by atoms with van der Waals surface area (Å²) in [5.74, 6) is -1.05. The van der Waals surface area contributed by atoms with E-state index >= 15 is 0 Å². The van der Waals surface area contributed by atoms with Crippen LogP contribution < -0.4 is 5.32 Å². The topological polar surface area (TPSA) is 66.4 Å². The molecule has 96 valence electrons. The molecule has 1 atom stereocenters. The molecule has 4 nitrogen and oxygen atoms in total. The second kappa shape index (κ2) is 7.09. The summed E-state index contributed by atoms with van der Waals surface area (Å²) < 4.78 is 0. The van der Waals surface area contributed by atoms with E-state index in [1.807, 2.05) is 0 Å². The Labute approximate surface area is 102 Å². The van der Waals surface area contributed by atoms with Crippen LogP contribution in [0.3, 0.4) is 0 Å². The largest absolute Gasteiger partial charge is 0.480 e. The van der Waals surface area contributed by atoms with Crippen molar-refractivity contribution in [2.24, 2.45) is 5.92 Å². The molecule has 0 aliphatic heterocycles. The average Bonchev–Trinajstić information content (AvgIpc) is 2.35. The fraction of sp³-hybridized carbons (Fsp3) is 0.692. The first-order valence-electron chi connectivity index (χ1n) is 6.29. The van der Waals surface area contributed by atoms with Crippen LogP contribution in [-0.2, 0) is 9.59 Å². The molecule has 0 aromatic rings. The number of rotatable bonds is 6. The van der Waals surface area contributed by atoms with E-state index in [4.69, 9.17) is 5.11 Å². The van der Waals surface area contributed by atoms with Crippen LogP contribution in [0.5, 0.6) is 0 Å². The molecule has 2 N–H and O–H groups in total. The van der Waals surface area contributed by atoms with Crippen LogP contribution in [0.2, 0.25) is 0 Å². The third-order valence-corrected chi connectivity index (χ3v) is 3.25. The van der Waals surface area contributed by atoms with Gasteiger partial charge in [-0.1, -0.05) is 25.3 Å². The Balaban J connectivity index is 2.44. The van der Waals surface area contributed by atoms with Gasteiger partial charge in [-0.15, -0.1) is 6.58 Å². The van der Waals surface area contributed by atoms with Gasteiger partial charge in [-0.25, -0.2) is 4.79 Å². The molecule has 4 heteroatoms. The smallest absolute Gasteiger partial charge is 0.326 e. The molecule has 0 saturated heterocycles. The van der Waals surface area contributed by atoms with Gasteiger partial charge in [0.15, 0.2) is 0 Å². The van der Waals surface area contributed by atoms with Gasteiger partial charge in [0.25, 0.3) is 0 Å². The molecule has 0 aromatic carbocycles. The monoisotopic (exact) mass is 239 g/mol. The first-order chi connectivity index (χ1) is 8.15. The van der Waals surface area contributed by atoms with E-state index in [0.717, 1.165) is 25.7 Å². The van der Waals surface area contributed by atoms with Gasteiger partial charge in [0.05, 0.1) is 0 Å². The highest BCUT2D eigenvalue weighted by Crippen LogP contribution is 2.23. The van der Waals surface area contributed by atoms with Crippen molar-refractivity contribution in [3.05, 3.63) is 12.7 Å². The van der Waals surface area contributed by atoms with Gasteiger partial charge in [0.2, 0.25) is 5.91 Å². The Hall–Kier alpha value is -1.32. The van der Waals surface area contributed by atoms with E-state index in [1.54, 1.807) is 6.08 Å². The van der Waals surface area contributed by atoms with E-state index in [-0.39, 0.29) is 11.8 Å². The van der Waals surface area contributed by atoms with Crippen molar-refractivity contribution < 1.29 is 14.7 Å². The van der Waals surface area contributed by atoms with Crippen molar-refractivity contribution in [3.63, 3.8) is 0 Å². The number of allylic oxidation sites excluding steroid dienone is 1. The zero-order valence-electron chi connectivity index (χ0n) is 10.2. The second-order valence-corrected chi connectivity index (χ2v) is 4.60. The highest BCUT2D eigenvalue weighted by atomic mass is 16.4. The Morgan fingerprint density at radius 2 is 2.00 bits per heavy atom. The maximum atomic E-state index is 11.9. The summed E-state index contributed by atoms with van der Waals surface area (Å²) in [5, 5.41) is 11.6. The fourth-order valence-electron chi connectivity index (χ4n) is 2.20. The molecule has 1 rings (SSSR count). The summed E-state index contributed by atoms with van der Waals surface area (Å²) in [4.78, 5) is 22.9. The summed E-state index contributed by atoms with van der Waals surface area (Å²) in [6, 6.07) is -0.776. The van der Waals surface area contributed by atoms with Gasteiger partial charge in [-0.3, -0.25) is 4.79 Å². The first kappa shape index (κ1) is 13.7. The van der Waals surface area contributed by atoms with Gasteiger partial charge in [-0.2, -0.15) is 0 Å². The molecule has 1 saturated carbocycles. The van der Waals surface area contributed by atoms with Crippen molar-refractivity contribution in [2.75, 3.05) is 0 Å². The van der Waals surface area contributed by atoms with Crippen molar-refractivity contribution >= 4 is 11.9 Å². The molecule has 1 aliphatic carbocycles. The predicted octanol–water partition coefficient (Wildman–Crippen LogP) is 2.10. The Bertz CT molecular complexity index is 282. The number of hydrogen-bond acceptors (Lipinski definition) is 2. The minimum absolute atomic E-state index is 0.00864. The zero-order valence-corrected chi connectivity index (χ0v) is 10.2. The summed E-state index contributed by atoms with van der Waals surface area (Å²) in [6.07, 6.45) is 7.79. The molecule has 0 bridgehead atoms. The van der Waals surface area contributed by atoms with Crippen molar-refractivity contribution in [2.45, 2.75) is 51.0 Å². The molecule has 1 amide bonds. The summed E-state index contributed by atoms with van der Waals surface area (Å²) >= 11 is 0. The van der Waals surface area contributed by atoms with Gasteiger partial charge in [-0.05, 0) is 25.7 Å². The van der Waals surface area contributed by atoms with E-state index < -0.39 is 12.0 Å². The van der Waals surface area contributed by atoms with E-state index in [1.165, 1.54) is 6.42 Å². The fourth-order valence-corrected chi connectivity index (χ4v) is 2.20. The maximum Gasteiger partial charge on any atom is 0.326 e. The standard InChI is InChI=1S/C13H21NO3/c1-2-3-9-11(13(16)17)14-12(15)10-7-5-4-6-8-10/h2,10-11H,1,3-9H2,(H,14,15)(H,16,17)/t11-/m1/s1. The summed E-state index contributed by atoms with van der Waals surface area (Å²) in [6.45, 7) is 3.56. The lowest BCUT2D eigenvalue weighted by Crippen LogP contribution is -2.43. The molecule has 0 spiro atoms. The molecule has 1 aliphatic rings. The third-order valence-electron chi connectivity index (χ3n) is 3.25. The van der Waals surface area contributed by atoms with Gasteiger partial charge in [0.1, 0.15) is 6.04 Å². The quantitative estimate of drug-likeness (QED) is 0.697. The third kappa shape index (κ3) is 4.59. The number of carboxylic acids is 1. The van der Waals surface area contributed by atoms with Gasteiger partial charge >= 0.3 is 5.97 Å². The average molecular weight is 239 g/mol. The molecule has 0 heterocycles. The van der Waals surface area contributed by atoms with Crippen molar-refractivity contribution in [3.8, 4) is 0 Å².